The third-order valence-corrected chi connectivity index (χ3v) is 6.44. The highest BCUT2D eigenvalue weighted by molar-refractivity contribution is 5.98. The van der Waals surface area contributed by atoms with Crippen LogP contribution in [-0.4, -0.2) is 55.3 Å². The SMILES string of the molecule is Cc1cc2ncc3c(n2n1)C(C)(C)CC3C(=O)Nc1cnc(C(=O)N2CC(F)(F)C2)c(C(F)F)c1. The number of carbonyl (C=O) groups is 2. The average Bonchev–Trinajstić information content (AvgIpc) is 3.27. The topological polar surface area (TPSA) is 92.5 Å². The Labute approximate surface area is 197 Å². The number of nitrogens with one attached hydrogen (secondary N) is 1. The van der Waals surface area contributed by atoms with Crippen LogP contribution in [0.4, 0.5) is 23.2 Å². The third kappa shape index (κ3) is 3.90. The molecular weight excluding hydrogens is 468 g/mol. The zero-order valence-corrected chi connectivity index (χ0v) is 19.1. The lowest BCUT2D eigenvalue weighted by atomic mass is 9.88. The van der Waals surface area contributed by atoms with E-state index in [9.17, 15) is 27.2 Å². The van der Waals surface area contributed by atoms with Crippen LogP contribution < -0.4 is 5.32 Å². The fraction of sp³-hybridized carbons (Fsp3) is 0.435. The number of carbonyl (C=O) groups excluding carboxylic acids is 2. The first-order valence-electron chi connectivity index (χ1n) is 11.0. The van der Waals surface area contributed by atoms with E-state index in [1.54, 1.807) is 10.7 Å². The third-order valence-electron chi connectivity index (χ3n) is 6.44. The number of pyridine rings is 1. The van der Waals surface area contributed by atoms with Crippen molar-refractivity contribution in [3.63, 3.8) is 0 Å². The minimum atomic E-state index is -3.09. The summed E-state index contributed by atoms with van der Waals surface area (Å²) in [6, 6.07) is 2.80. The molecule has 1 aliphatic heterocycles. The van der Waals surface area contributed by atoms with E-state index in [1.165, 1.54) is 0 Å². The van der Waals surface area contributed by atoms with E-state index in [2.05, 4.69) is 20.4 Å². The molecule has 0 radical (unpaired) electrons. The number of alkyl halides is 4. The number of anilines is 1. The van der Waals surface area contributed by atoms with Crippen molar-refractivity contribution in [3.05, 3.63) is 52.7 Å². The van der Waals surface area contributed by atoms with Crippen molar-refractivity contribution < 1.29 is 27.2 Å². The van der Waals surface area contributed by atoms with E-state index in [-0.39, 0.29) is 5.69 Å². The average molecular weight is 490 g/mol. The highest BCUT2D eigenvalue weighted by Gasteiger charge is 2.47. The number of rotatable bonds is 4. The number of likely N-dealkylation sites (tertiary alicyclic amines) is 1. The summed E-state index contributed by atoms with van der Waals surface area (Å²) in [6.07, 6.45) is 0.0710. The Hall–Kier alpha value is -3.57. The summed E-state index contributed by atoms with van der Waals surface area (Å²) < 4.78 is 55.4. The number of amides is 2. The Balaban J connectivity index is 1.41. The monoisotopic (exact) mass is 490 g/mol. The number of nitrogens with zero attached hydrogens (tertiary/aromatic N) is 5. The molecule has 3 aromatic rings. The van der Waals surface area contributed by atoms with E-state index >= 15 is 0 Å². The molecule has 8 nitrogen and oxygen atoms in total. The first-order chi connectivity index (χ1) is 16.4. The maximum Gasteiger partial charge on any atom is 0.282 e. The van der Waals surface area contributed by atoms with Gasteiger partial charge in [0.15, 0.2) is 5.65 Å². The van der Waals surface area contributed by atoms with Crippen LogP contribution in [0.2, 0.25) is 0 Å². The number of aromatic nitrogens is 4. The van der Waals surface area contributed by atoms with Gasteiger partial charge in [0.25, 0.3) is 18.3 Å². The standard InChI is InChI=1S/C23H22F4N6O2/c1-11-4-16-28-8-15-14(6-22(2,3)18(15)33(16)31-11)20(34)30-12-5-13(19(24)25)17(29-7-12)21(35)32-9-23(26,27)10-32/h4-5,7-8,14,19H,6,9-10H2,1-3H3,(H,30,34). The highest BCUT2D eigenvalue weighted by atomic mass is 19.3. The predicted octanol–water partition coefficient (Wildman–Crippen LogP) is 3.87. The second-order valence-electron chi connectivity index (χ2n) is 9.73. The first kappa shape index (κ1) is 23.2. The van der Waals surface area contributed by atoms with Gasteiger partial charge in [-0.1, -0.05) is 13.8 Å². The Morgan fingerprint density at radius 3 is 2.51 bits per heavy atom. The molecule has 5 rings (SSSR count). The molecule has 1 N–H and O–H groups in total. The van der Waals surface area contributed by atoms with Gasteiger partial charge < -0.3 is 10.2 Å². The Kier molecular flexibility index (Phi) is 5.11. The summed E-state index contributed by atoms with van der Waals surface area (Å²) in [6.45, 7) is 4.14. The van der Waals surface area contributed by atoms with Crippen molar-refractivity contribution in [2.75, 3.05) is 18.4 Å². The van der Waals surface area contributed by atoms with Gasteiger partial charge in [-0.3, -0.25) is 9.59 Å². The summed E-state index contributed by atoms with van der Waals surface area (Å²) in [5.41, 5.74) is 1.24. The van der Waals surface area contributed by atoms with E-state index in [0.29, 0.717) is 17.6 Å². The summed E-state index contributed by atoms with van der Waals surface area (Å²) >= 11 is 0. The molecule has 1 fully saturated rings. The van der Waals surface area contributed by atoms with E-state index < -0.39 is 59.8 Å². The van der Waals surface area contributed by atoms with Crippen LogP contribution >= 0.6 is 0 Å². The molecule has 1 aliphatic carbocycles. The largest absolute Gasteiger partial charge is 0.325 e. The summed E-state index contributed by atoms with van der Waals surface area (Å²) in [4.78, 5) is 34.5. The van der Waals surface area contributed by atoms with E-state index in [4.69, 9.17) is 0 Å². The van der Waals surface area contributed by atoms with Crippen LogP contribution in [0, 0.1) is 6.92 Å². The molecule has 2 amide bonds. The minimum Gasteiger partial charge on any atom is -0.325 e. The number of aryl methyl sites for hydroxylation is 1. The maximum absolute atomic E-state index is 13.7. The van der Waals surface area contributed by atoms with Crippen molar-refractivity contribution >= 4 is 23.1 Å². The van der Waals surface area contributed by atoms with Gasteiger partial charge in [0.05, 0.1) is 47.8 Å². The summed E-state index contributed by atoms with van der Waals surface area (Å²) in [5.74, 6) is -5.08. The number of fused-ring (bicyclic) bond motifs is 3. The van der Waals surface area contributed by atoms with Crippen LogP contribution in [0.15, 0.2) is 24.5 Å². The maximum atomic E-state index is 13.7. The van der Waals surface area contributed by atoms with Gasteiger partial charge in [0, 0.05) is 23.2 Å². The van der Waals surface area contributed by atoms with Crippen molar-refractivity contribution in [2.45, 2.75) is 50.9 Å². The predicted molar refractivity (Wildman–Crippen MR) is 117 cm³/mol. The lowest BCUT2D eigenvalue weighted by Gasteiger charge is -2.38. The molecule has 1 saturated heterocycles. The lowest BCUT2D eigenvalue weighted by molar-refractivity contribution is -0.117. The van der Waals surface area contributed by atoms with Gasteiger partial charge in [-0.05, 0) is 19.4 Å². The zero-order valence-electron chi connectivity index (χ0n) is 19.1. The fourth-order valence-electron chi connectivity index (χ4n) is 4.87. The first-order valence-corrected chi connectivity index (χ1v) is 11.0. The van der Waals surface area contributed by atoms with Crippen LogP contribution in [0.1, 0.15) is 65.6 Å². The van der Waals surface area contributed by atoms with Gasteiger partial charge in [0.2, 0.25) is 5.91 Å². The van der Waals surface area contributed by atoms with Crippen molar-refractivity contribution in [1.82, 2.24) is 24.5 Å². The molecular formula is C23H22F4N6O2. The molecule has 3 aromatic heterocycles. The van der Waals surface area contributed by atoms with Gasteiger partial charge >= 0.3 is 0 Å². The minimum absolute atomic E-state index is 0.0222. The molecule has 0 spiro atoms. The Morgan fingerprint density at radius 1 is 1.14 bits per heavy atom. The zero-order chi connectivity index (χ0) is 25.3. The smallest absolute Gasteiger partial charge is 0.282 e. The second-order valence-corrected chi connectivity index (χ2v) is 9.73. The highest BCUT2D eigenvalue weighted by Crippen LogP contribution is 2.46. The summed E-state index contributed by atoms with van der Waals surface area (Å²) in [7, 11) is 0. The van der Waals surface area contributed by atoms with E-state index in [1.807, 2.05) is 26.8 Å². The molecule has 1 atom stereocenters. The second kappa shape index (κ2) is 7.72. The Bertz CT molecular complexity index is 1360. The molecule has 0 aromatic carbocycles. The van der Waals surface area contributed by atoms with Crippen molar-refractivity contribution in [2.24, 2.45) is 0 Å². The van der Waals surface area contributed by atoms with Crippen molar-refractivity contribution in [3.8, 4) is 0 Å². The van der Waals surface area contributed by atoms with Crippen molar-refractivity contribution in [1.29, 1.82) is 0 Å². The molecule has 12 heteroatoms. The lowest BCUT2D eigenvalue weighted by Crippen LogP contribution is -2.58. The molecule has 1 unspecified atom stereocenters. The molecule has 0 saturated carbocycles. The van der Waals surface area contributed by atoms with Crippen LogP contribution in [0.3, 0.4) is 0 Å². The molecule has 0 bridgehead atoms. The van der Waals surface area contributed by atoms with Crippen LogP contribution in [-0.2, 0) is 10.2 Å². The number of halogens is 4. The van der Waals surface area contributed by atoms with Gasteiger partial charge in [-0.2, -0.15) is 5.10 Å². The molecule has 2 aliphatic rings. The Morgan fingerprint density at radius 2 is 1.86 bits per heavy atom. The molecule has 35 heavy (non-hydrogen) atoms. The van der Waals surface area contributed by atoms with Gasteiger partial charge in [-0.15, -0.1) is 0 Å². The van der Waals surface area contributed by atoms with Crippen LogP contribution in [0.5, 0.6) is 0 Å². The van der Waals surface area contributed by atoms with E-state index in [0.717, 1.165) is 28.6 Å². The van der Waals surface area contributed by atoms with Gasteiger partial charge in [0.1, 0.15) is 5.69 Å². The molecule has 4 heterocycles. The number of hydrogen-bond acceptors (Lipinski definition) is 5. The normalized spacial score (nSPS) is 20.1. The quantitative estimate of drug-likeness (QED) is 0.561. The van der Waals surface area contributed by atoms with Gasteiger partial charge in [-0.25, -0.2) is 32.0 Å². The number of hydrogen-bond donors (Lipinski definition) is 1. The van der Waals surface area contributed by atoms with Crippen LogP contribution in [0.25, 0.3) is 5.65 Å². The fourth-order valence-corrected chi connectivity index (χ4v) is 4.87. The summed E-state index contributed by atoms with van der Waals surface area (Å²) in [5, 5.41) is 7.11. The molecule has 184 valence electrons.